The van der Waals surface area contributed by atoms with Crippen molar-refractivity contribution in [3.8, 4) is 0 Å². The van der Waals surface area contributed by atoms with Crippen molar-refractivity contribution in [2.75, 3.05) is 0 Å². The van der Waals surface area contributed by atoms with Crippen LogP contribution < -0.4 is 5.73 Å². The number of imidazole rings is 1. The quantitative estimate of drug-likeness (QED) is 0.579. The molecular formula is C7H11N3O2. The number of hydrogen-bond acceptors (Lipinski definition) is 3. The van der Waals surface area contributed by atoms with Gasteiger partial charge in [-0.15, -0.1) is 0 Å². The van der Waals surface area contributed by atoms with E-state index in [1.54, 1.807) is 12.5 Å². The Morgan fingerprint density at radius 3 is 3.08 bits per heavy atom. The lowest BCUT2D eigenvalue weighted by Gasteiger charge is -2.02. The van der Waals surface area contributed by atoms with Crippen molar-refractivity contribution in [1.29, 1.82) is 0 Å². The van der Waals surface area contributed by atoms with Gasteiger partial charge < -0.3 is 15.8 Å². The van der Waals surface area contributed by atoms with Gasteiger partial charge in [0.2, 0.25) is 0 Å². The summed E-state index contributed by atoms with van der Waals surface area (Å²) >= 11 is 0. The average Bonchev–Trinajstić information content (AvgIpc) is 2.51. The maximum absolute atomic E-state index is 10.3. The van der Waals surface area contributed by atoms with Crippen molar-refractivity contribution in [1.82, 2.24) is 9.97 Å². The van der Waals surface area contributed by atoms with Gasteiger partial charge in [0, 0.05) is 6.20 Å². The van der Waals surface area contributed by atoms with E-state index in [1.165, 1.54) is 0 Å². The first-order valence-corrected chi connectivity index (χ1v) is 3.66. The smallest absolute Gasteiger partial charge is 0.320 e. The summed E-state index contributed by atoms with van der Waals surface area (Å²) in [5.74, 6) is -0.967. The van der Waals surface area contributed by atoms with Crippen LogP contribution in [0.3, 0.4) is 0 Å². The summed E-state index contributed by atoms with van der Waals surface area (Å²) in [4.78, 5) is 17.0. The van der Waals surface area contributed by atoms with E-state index in [-0.39, 0.29) is 0 Å². The van der Waals surface area contributed by atoms with Crippen molar-refractivity contribution < 1.29 is 9.90 Å². The molecule has 0 spiro atoms. The lowest BCUT2D eigenvalue weighted by atomic mass is 10.1. The van der Waals surface area contributed by atoms with Crippen LogP contribution in [-0.2, 0) is 11.2 Å². The molecule has 0 amide bonds. The SMILES string of the molecule is NC(CCc1c[nH]cn1)C(=O)O. The zero-order valence-electron chi connectivity index (χ0n) is 6.53. The number of aromatic amines is 1. The van der Waals surface area contributed by atoms with Gasteiger partial charge in [-0.1, -0.05) is 0 Å². The molecular weight excluding hydrogens is 158 g/mol. The summed E-state index contributed by atoms with van der Waals surface area (Å²) < 4.78 is 0. The number of hydrogen-bond donors (Lipinski definition) is 3. The van der Waals surface area contributed by atoms with Gasteiger partial charge in [-0.05, 0) is 12.8 Å². The van der Waals surface area contributed by atoms with E-state index in [0.717, 1.165) is 5.69 Å². The zero-order valence-corrected chi connectivity index (χ0v) is 6.53. The Morgan fingerprint density at radius 2 is 2.58 bits per heavy atom. The van der Waals surface area contributed by atoms with Crippen molar-refractivity contribution >= 4 is 5.97 Å². The highest BCUT2D eigenvalue weighted by atomic mass is 16.4. The highest BCUT2D eigenvalue weighted by Gasteiger charge is 2.10. The molecule has 5 nitrogen and oxygen atoms in total. The molecule has 0 saturated heterocycles. The minimum atomic E-state index is -0.967. The van der Waals surface area contributed by atoms with Gasteiger partial charge >= 0.3 is 5.97 Å². The second-order valence-electron chi connectivity index (χ2n) is 2.54. The van der Waals surface area contributed by atoms with Gasteiger partial charge in [-0.2, -0.15) is 0 Å². The predicted molar refractivity (Wildman–Crippen MR) is 42.5 cm³/mol. The van der Waals surface area contributed by atoms with Gasteiger partial charge in [0.1, 0.15) is 6.04 Å². The molecule has 0 bridgehead atoms. The number of nitrogens with zero attached hydrogens (tertiary/aromatic N) is 1. The number of carbonyl (C=O) groups is 1. The number of aromatic nitrogens is 2. The summed E-state index contributed by atoms with van der Waals surface area (Å²) in [7, 11) is 0. The molecule has 0 saturated carbocycles. The largest absolute Gasteiger partial charge is 0.480 e. The molecule has 0 aromatic carbocycles. The van der Waals surface area contributed by atoms with Gasteiger partial charge in [0.05, 0.1) is 12.0 Å². The summed E-state index contributed by atoms with van der Waals surface area (Å²) in [6.07, 6.45) is 4.30. The van der Waals surface area contributed by atoms with Crippen LogP contribution >= 0.6 is 0 Å². The molecule has 4 N–H and O–H groups in total. The molecule has 1 unspecified atom stereocenters. The van der Waals surface area contributed by atoms with Crippen molar-refractivity contribution in [3.63, 3.8) is 0 Å². The molecule has 1 aromatic rings. The molecule has 0 aliphatic rings. The van der Waals surface area contributed by atoms with Crippen LogP contribution in [-0.4, -0.2) is 27.1 Å². The molecule has 0 aliphatic carbocycles. The molecule has 0 fully saturated rings. The van der Waals surface area contributed by atoms with Crippen LogP contribution in [0.25, 0.3) is 0 Å². The third-order valence-electron chi connectivity index (χ3n) is 1.58. The van der Waals surface area contributed by atoms with Gasteiger partial charge in [-0.25, -0.2) is 4.98 Å². The normalized spacial score (nSPS) is 12.8. The van der Waals surface area contributed by atoms with E-state index in [0.29, 0.717) is 12.8 Å². The standard InChI is InChI=1S/C7H11N3O2/c8-6(7(11)12)2-1-5-3-9-4-10-5/h3-4,6H,1-2,8H2,(H,9,10)(H,11,12). The van der Waals surface area contributed by atoms with E-state index in [4.69, 9.17) is 10.8 Å². The minimum absolute atomic E-state index is 0.417. The molecule has 1 heterocycles. The van der Waals surface area contributed by atoms with E-state index < -0.39 is 12.0 Å². The fourth-order valence-corrected chi connectivity index (χ4v) is 0.854. The summed E-state index contributed by atoms with van der Waals surface area (Å²) in [6, 6.07) is -0.790. The minimum Gasteiger partial charge on any atom is -0.480 e. The topological polar surface area (TPSA) is 92.0 Å². The second-order valence-corrected chi connectivity index (χ2v) is 2.54. The lowest BCUT2D eigenvalue weighted by Crippen LogP contribution is -2.30. The number of rotatable bonds is 4. The van der Waals surface area contributed by atoms with E-state index in [2.05, 4.69) is 9.97 Å². The Balaban J connectivity index is 2.31. The Labute approximate surface area is 69.6 Å². The number of carboxylic acid groups (broad SMARTS) is 1. The molecule has 0 aliphatic heterocycles. The van der Waals surface area contributed by atoms with Crippen LogP contribution in [0.15, 0.2) is 12.5 Å². The van der Waals surface area contributed by atoms with Crippen molar-refractivity contribution in [2.24, 2.45) is 5.73 Å². The highest BCUT2D eigenvalue weighted by Crippen LogP contribution is 1.99. The first-order valence-electron chi connectivity index (χ1n) is 3.66. The number of H-pyrrole nitrogens is 1. The van der Waals surface area contributed by atoms with Crippen LogP contribution in [0.1, 0.15) is 12.1 Å². The number of nitrogens with one attached hydrogen (secondary N) is 1. The van der Waals surface area contributed by atoms with Crippen molar-refractivity contribution in [3.05, 3.63) is 18.2 Å². The zero-order chi connectivity index (χ0) is 8.97. The molecule has 1 atom stereocenters. The second kappa shape index (κ2) is 3.87. The molecule has 1 aromatic heterocycles. The number of nitrogens with two attached hydrogens (primary N) is 1. The molecule has 0 radical (unpaired) electrons. The number of aliphatic carboxylic acids is 1. The molecule has 5 heteroatoms. The van der Waals surface area contributed by atoms with Crippen LogP contribution in [0.2, 0.25) is 0 Å². The lowest BCUT2D eigenvalue weighted by molar-refractivity contribution is -0.138. The third-order valence-corrected chi connectivity index (χ3v) is 1.58. The highest BCUT2D eigenvalue weighted by molar-refractivity contribution is 5.72. The van der Waals surface area contributed by atoms with Gasteiger partial charge in [0.25, 0.3) is 0 Å². The average molecular weight is 169 g/mol. The van der Waals surface area contributed by atoms with Crippen LogP contribution in [0.5, 0.6) is 0 Å². The third kappa shape index (κ3) is 2.35. The van der Waals surface area contributed by atoms with Crippen molar-refractivity contribution in [2.45, 2.75) is 18.9 Å². The van der Waals surface area contributed by atoms with Crippen LogP contribution in [0, 0.1) is 0 Å². The predicted octanol–water partition coefficient (Wildman–Crippen LogP) is -0.246. The number of aryl methyl sites for hydroxylation is 1. The van der Waals surface area contributed by atoms with Gasteiger partial charge in [-0.3, -0.25) is 4.79 Å². The van der Waals surface area contributed by atoms with Gasteiger partial charge in [0.15, 0.2) is 0 Å². The first-order chi connectivity index (χ1) is 5.70. The fraction of sp³-hybridized carbons (Fsp3) is 0.429. The molecule has 1 rings (SSSR count). The molecule has 66 valence electrons. The monoisotopic (exact) mass is 169 g/mol. The Hall–Kier alpha value is -1.36. The van der Waals surface area contributed by atoms with E-state index in [9.17, 15) is 4.79 Å². The van der Waals surface area contributed by atoms with E-state index in [1.807, 2.05) is 0 Å². The summed E-state index contributed by atoms with van der Waals surface area (Å²) in [5, 5.41) is 8.46. The summed E-state index contributed by atoms with van der Waals surface area (Å²) in [6.45, 7) is 0. The Morgan fingerprint density at radius 1 is 1.83 bits per heavy atom. The maximum atomic E-state index is 10.3. The summed E-state index contributed by atoms with van der Waals surface area (Å²) in [5.41, 5.74) is 6.14. The Bertz CT molecular complexity index is 245. The fourth-order valence-electron chi connectivity index (χ4n) is 0.854. The van der Waals surface area contributed by atoms with Crippen LogP contribution in [0.4, 0.5) is 0 Å². The number of carboxylic acids is 1. The Kier molecular flexibility index (Phi) is 2.82. The maximum Gasteiger partial charge on any atom is 0.320 e. The molecule has 12 heavy (non-hydrogen) atoms. The van der Waals surface area contributed by atoms with E-state index >= 15 is 0 Å². The first kappa shape index (κ1) is 8.73.